The van der Waals surface area contributed by atoms with Gasteiger partial charge in [-0.1, -0.05) is 0 Å². The standard InChI is InChI=1S/C16H6F6N2O/c17-15(18,19)11-4-12(16(20,21)22)6-14(5-11)25-13-2-1-9(7-23)10(3-13)8-24/h1-6H. The van der Waals surface area contributed by atoms with Crippen LogP contribution in [0.5, 0.6) is 11.5 Å². The van der Waals surface area contributed by atoms with Crippen molar-refractivity contribution in [2.75, 3.05) is 0 Å². The van der Waals surface area contributed by atoms with Gasteiger partial charge >= 0.3 is 12.4 Å². The molecule has 0 radical (unpaired) electrons. The summed E-state index contributed by atoms with van der Waals surface area (Å²) in [5, 5.41) is 17.7. The van der Waals surface area contributed by atoms with E-state index in [1.165, 1.54) is 6.07 Å². The predicted molar refractivity (Wildman–Crippen MR) is 72.4 cm³/mol. The molecule has 2 aromatic rings. The van der Waals surface area contributed by atoms with Crippen LogP contribution >= 0.6 is 0 Å². The average molecular weight is 356 g/mol. The van der Waals surface area contributed by atoms with Crippen LogP contribution in [0.4, 0.5) is 26.3 Å². The summed E-state index contributed by atoms with van der Waals surface area (Å²) in [6, 6.07) is 7.59. The fourth-order valence-electron chi connectivity index (χ4n) is 1.90. The quantitative estimate of drug-likeness (QED) is 0.690. The molecule has 0 saturated heterocycles. The van der Waals surface area contributed by atoms with Crippen LogP contribution in [0, 0.1) is 22.7 Å². The molecule has 0 aromatic heterocycles. The number of hydrogen-bond acceptors (Lipinski definition) is 3. The van der Waals surface area contributed by atoms with E-state index in [1.807, 2.05) is 0 Å². The third-order valence-electron chi connectivity index (χ3n) is 3.03. The second kappa shape index (κ2) is 6.36. The van der Waals surface area contributed by atoms with Crippen LogP contribution in [0.15, 0.2) is 36.4 Å². The van der Waals surface area contributed by atoms with Crippen LogP contribution in [-0.2, 0) is 12.4 Å². The lowest BCUT2D eigenvalue weighted by molar-refractivity contribution is -0.143. The number of nitriles is 2. The number of benzene rings is 2. The molecule has 0 N–H and O–H groups in total. The maximum absolute atomic E-state index is 12.8. The van der Waals surface area contributed by atoms with Gasteiger partial charge in [0.1, 0.15) is 23.6 Å². The highest BCUT2D eigenvalue weighted by Gasteiger charge is 2.37. The van der Waals surface area contributed by atoms with Gasteiger partial charge in [-0.05, 0) is 36.4 Å². The summed E-state index contributed by atoms with van der Waals surface area (Å²) in [7, 11) is 0. The Bertz CT molecular complexity index is 855. The fraction of sp³-hybridized carbons (Fsp3) is 0.125. The molecule has 128 valence electrons. The van der Waals surface area contributed by atoms with E-state index in [9.17, 15) is 26.3 Å². The smallest absolute Gasteiger partial charge is 0.416 e. The van der Waals surface area contributed by atoms with E-state index in [0.717, 1.165) is 12.1 Å². The molecule has 0 spiro atoms. The Labute approximate surface area is 137 Å². The summed E-state index contributed by atoms with van der Waals surface area (Å²) in [5.41, 5.74) is -3.17. The monoisotopic (exact) mass is 356 g/mol. The lowest BCUT2D eigenvalue weighted by Gasteiger charge is -2.14. The second-order valence-electron chi connectivity index (χ2n) is 4.77. The van der Waals surface area contributed by atoms with E-state index in [0.29, 0.717) is 12.1 Å². The maximum Gasteiger partial charge on any atom is 0.416 e. The molecule has 2 rings (SSSR count). The largest absolute Gasteiger partial charge is 0.457 e. The van der Waals surface area contributed by atoms with Crippen LogP contribution in [-0.4, -0.2) is 0 Å². The van der Waals surface area contributed by atoms with Crippen LogP contribution < -0.4 is 4.74 Å². The van der Waals surface area contributed by atoms with Crippen molar-refractivity contribution in [3.63, 3.8) is 0 Å². The Balaban J connectivity index is 2.50. The Morgan fingerprint density at radius 3 is 1.64 bits per heavy atom. The number of nitrogens with zero attached hydrogens (tertiary/aromatic N) is 2. The minimum atomic E-state index is -5.00. The van der Waals surface area contributed by atoms with Crippen molar-refractivity contribution in [3.8, 4) is 23.6 Å². The topological polar surface area (TPSA) is 56.8 Å². The molecule has 0 saturated carbocycles. The lowest BCUT2D eigenvalue weighted by Crippen LogP contribution is -2.11. The zero-order valence-electron chi connectivity index (χ0n) is 12.0. The Morgan fingerprint density at radius 2 is 1.20 bits per heavy atom. The number of halogens is 6. The Hall–Kier alpha value is -3.20. The van der Waals surface area contributed by atoms with Crippen LogP contribution in [0.3, 0.4) is 0 Å². The second-order valence-corrected chi connectivity index (χ2v) is 4.77. The maximum atomic E-state index is 12.8. The van der Waals surface area contributed by atoms with Crippen LogP contribution in [0.25, 0.3) is 0 Å². The molecule has 0 aliphatic heterocycles. The molecular weight excluding hydrogens is 350 g/mol. The zero-order chi connectivity index (χ0) is 18.8. The molecule has 0 atom stereocenters. The zero-order valence-corrected chi connectivity index (χ0v) is 12.0. The minimum absolute atomic E-state index is 0.00475. The van der Waals surface area contributed by atoms with Crippen LogP contribution in [0.1, 0.15) is 22.3 Å². The molecule has 0 unspecified atom stereocenters. The molecule has 0 amide bonds. The minimum Gasteiger partial charge on any atom is -0.457 e. The molecule has 0 fully saturated rings. The summed E-state index contributed by atoms with van der Waals surface area (Å²) in [5.74, 6) is -0.876. The average Bonchev–Trinajstić information content (AvgIpc) is 2.52. The van der Waals surface area contributed by atoms with Gasteiger partial charge in [0.05, 0.1) is 22.3 Å². The molecule has 2 aromatic carbocycles. The van der Waals surface area contributed by atoms with Crippen LogP contribution in [0.2, 0.25) is 0 Å². The van der Waals surface area contributed by atoms with Gasteiger partial charge in [-0.15, -0.1) is 0 Å². The molecule has 25 heavy (non-hydrogen) atoms. The molecule has 9 heteroatoms. The summed E-state index contributed by atoms with van der Waals surface area (Å²) in [6.45, 7) is 0. The first-order chi connectivity index (χ1) is 11.5. The molecule has 0 heterocycles. The molecule has 0 aliphatic carbocycles. The van der Waals surface area contributed by atoms with Gasteiger partial charge in [-0.2, -0.15) is 36.9 Å². The van der Waals surface area contributed by atoms with E-state index >= 15 is 0 Å². The number of alkyl halides is 6. The highest BCUT2D eigenvalue weighted by atomic mass is 19.4. The van der Waals surface area contributed by atoms with Gasteiger partial charge in [0.25, 0.3) is 0 Å². The van der Waals surface area contributed by atoms with E-state index in [-0.39, 0.29) is 22.9 Å². The predicted octanol–water partition coefficient (Wildman–Crippen LogP) is 5.26. The van der Waals surface area contributed by atoms with Gasteiger partial charge in [0.2, 0.25) is 0 Å². The number of ether oxygens (including phenoxy) is 1. The van der Waals surface area contributed by atoms with Crippen molar-refractivity contribution < 1.29 is 31.1 Å². The third kappa shape index (κ3) is 4.21. The summed E-state index contributed by atoms with van der Waals surface area (Å²) in [6.07, 6.45) is -10.00. The van der Waals surface area contributed by atoms with E-state index in [1.54, 1.807) is 12.1 Å². The highest BCUT2D eigenvalue weighted by Crippen LogP contribution is 2.39. The third-order valence-corrected chi connectivity index (χ3v) is 3.03. The number of rotatable bonds is 2. The normalized spacial score (nSPS) is 11.5. The van der Waals surface area contributed by atoms with Gasteiger partial charge in [0, 0.05) is 0 Å². The Kier molecular flexibility index (Phi) is 4.62. The molecule has 0 bridgehead atoms. The van der Waals surface area contributed by atoms with Crippen molar-refractivity contribution in [2.24, 2.45) is 0 Å². The first-order valence-electron chi connectivity index (χ1n) is 6.46. The summed E-state index contributed by atoms with van der Waals surface area (Å²) < 4.78 is 81.8. The van der Waals surface area contributed by atoms with Gasteiger partial charge < -0.3 is 4.74 Å². The number of hydrogen-bond donors (Lipinski definition) is 0. The lowest BCUT2D eigenvalue weighted by atomic mass is 10.1. The van der Waals surface area contributed by atoms with E-state index in [2.05, 4.69) is 0 Å². The Morgan fingerprint density at radius 1 is 0.680 bits per heavy atom. The fourth-order valence-corrected chi connectivity index (χ4v) is 1.90. The highest BCUT2D eigenvalue weighted by molar-refractivity contribution is 5.50. The first-order valence-corrected chi connectivity index (χ1v) is 6.46. The van der Waals surface area contributed by atoms with Gasteiger partial charge in [-0.25, -0.2) is 0 Å². The van der Waals surface area contributed by atoms with Crippen molar-refractivity contribution in [1.82, 2.24) is 0 Å². The molecular formula is C16H6F6N2O. The molecule has 3 nitrogen and oxygen atoms in total. The SMILES string of the molecule is N#Cc1ccc(Oc2cc(C(F)(F)F)cc(C(F)(F)F)c2)cc1C#N. The van der Waals surface area contributed by atoms with Gasteiger partial charge in [0.15, 0.2) is 0 Å². The first kappa shape index (κ1) is 18.1. The van der Waals surface area contributed by atoms with Crippen molar-refractivity contribution in [3.05, 3.63) is 58.7 Å². The molecule has 0 aliphatic rings. The van der Waals surface area contributed by atoms with E-state index < -0.39 is 29.2 Å². The van der Waals surface area contributed by atoms with Crippen molar-refractivity contribution in [1.29, 1.82) is 10.5 Å². The van der Waals surface area contributed by atoms with Crippen molar-refractivity contribution in [2.45, 2.75) is 12.4 Å². The van der Waals surface area contributed by atoms with Gasteiger partial charge in [-0.3, -0.25) is 0 Å². The van der Waals surface area contributed by atoms with E-state index in [4.69, 9.17) is 15.3 Å². The van der Waals surface area contributed by atoms with Crippen molar-refractivity contribution >= 4 is 0 Å². The summed E-state index contributed by atoms with van der Waals surface area (Å²) >= 11 is 0. The summed E-state index contributed by atoms with van der Waals surface area (Å²) in [4.78, 5) is 0.